The van der Waals surface area contributed by atoms with Crippen molar-refractivity contribution in [3.63, 3.8) is 0 Å². The summed E-state index contributed by atoms with van der Waals surface area (Å²) in [5.41, 5.74) is -0.467. The number of hydrogen-bond donors (Lipinski definition) is 1. The Morgan fingerprint density at radius 3 is 2.74 bits per heavy atom. The third-order valence-corrected chi connectivity index (χ3v) is 3.32. The molecular formula is C13H15F3N2O. The van der Waals surface area contributed by atoms with Gasteiger partial charge in [-0.2, -0.15) is 0 Å². The molecular weight excluding hydrogens is 257 g/mol. The Morgan fingerprint density at radius 2 is 2.11 bits per heavy atom. The summed E-state index contributed by atoms with van der Waals surface area (Å²) in [7, 11) is 1.98. The summed E-state index contributed by atoms with van der Waals surface area (Å²) in [6.45, 7) is 2.22. The molecule has 3 nitrogen and oxygen atoms in total. The van der Waals surface area contributed by atoms with Gasteiger partial charge in [0.05, 0.1) is 5.56 Å². The number of likely N-dealkylation sites (tertiary alicyclic amines) is 1. The summed E-state index contributed by atoms with van der Waals surface area (Å²) in [4.78, 5) is 13.8. The molecule has 1 heterocycles. The fourth-order valence-electron chi connectivity index (χ4n) is 2.23. The molecule has 104 valence electrons. The molecule has 0 saturated carbocycles. The third-order valence-electron chi connectivity index (χ3n) is 3.32. The van der Waals surface area contributed by atoms with Crippen molar-refractivity contribution < 1.29 is 18.0 Å². The first kappa shape index (κ1) is 13.9. The van der Waals surface area contributed by atoms with Gasteiger partial charge in [0.1, 0.15) is 0 Å². The Bertz CT molecular complexity index is 493. The van der Waals surface area contributed by atoms with Crippen LogP contribution < -0.4 is 5.32 Å². The summed E-state index contributed by atoms with van der Waals surface area (Å²) in [5.74, 6) is -4.77. The molecule has 0 aromatic heterocycles. The summed E-state index contributed by atoms with van der Waals surface area (Å²) >= 11 is 0. The maximum atomic E-state index is 13.4. The molecule has 1 aliphatic rings. The Morgan fingerprint density at radius 1 is 1.37 bits per heavy atom. The molecule has 2 rings (SSSR count). The minimum Gasteiger partial charge on any atom is -0.352 e. The third kappa shape index (κ3) is 3.07. The lowest BCUT2D eigenvalue weighted by Gasteiger charge is -2.12. The van der Waals surface area contributed by atoms with Gasteiger partial charge in [-0.15, -0.1) is 0 Å². The van der Waals surface area contributed by atoms with Crippen molar-refractivity contribution in [1.29, 1.82) is 0 Å². The van der Waals surface area contributed by atoms with Crippen molar-refractivity contribution in [3.05, 3.63) is 35.1 Å². The zero-order chi connectivity index (χ0) is 14.0. The van der Waals surface area contributed by atoms with Gasteiger partial charge in [-0.25, -0.2) is 13.2 Å². The lowest BCUT2D eigenvalue weighted by Crippen LogP contribution is -2.31. The van der Waals surface area contributed by atoms with Crippen molar-refractivity contribution in [2.24, 2.45) is 5.92 Å². The minimum absolute atomic E-state index is 0.308. The van der Waals surface area contributed by atoms with E-state index in [2.05, 4.69) is 10.2 Å². The van der Waals surface area contributed by atoms with E-state index >= 15 is 0 Å². The highest BCUT2D eigenvalue weighted by Gasteiger charge is 2.22. The molecule has 1 saturated heterocycles. The highest BCUT2D eigenvalue weighted by molar-refractivity contribution is 5.94. The number of nitrogens with one attached hydrogen (secondary N) is 1. The highest BCUT2D eigenvalue weighted by atomic mass is 19.2. The number of hydrogen-bond acceptors (Lipinski definition) is 2. The van der Waals surface area contributed by atoms with Gasteiger partial charge in [0.15, 0.2) is 17.5 Å². The van der Waals surface area contributed by atoms with E-state index in [9.17, 15) is 18.0 Å². The minimum atomic E-state index is -1.62. The largest absolute Gasteiger partial charge is 0.352 e. The van der Waals surface area contributed by atoms with E-state index in [1.165, 1.54) is 0 Å². The summed E-state index contributed by atoms with van der Waals surface area (Å²) in [6, 6.07) is 1.69. The van der Waals surface area contributed by atoms with Crippen LogP contribution in [0, 0.1) is 23.4 Å². The molecule has 1 aliphatic heterocycles. The van der Waals surface area contributed by atoms with Crippen LogP contribution >= 0.6 is 0 Å². The zero-order valence-corrected chi connectivity index (χ0v) is 10.5. The summed E-state index contributed by atoms with van der Waals surface area (Å²) < 4.78 is 39.1. The predicted octanol–water partition coefficient (Wildman–Crippen LogP) is 1.79. The van der Waals surface area contributed by atoms with E-state index in [-0.39, 0.29) is 0 Å². The Hall–Kier alpha value is -1.56. The van der Waals surface area contributed by atoms with E-state index in [1.807, 2.05) is 7.05 Å². The molecule has 1 amide bonds. The second-order valence-electron chi connectivity index (χ2n) is 4.85. The molecule has 1 aromatic carbocycles. The van der Waals surface area contributed by atoms with Gasteiger partial charge in [-0.1, -0.05) is 0 Å². The zero-order valence-electron chi connectivity index (χ0n) is 10.5. The van der Waals surface area contributed by atoms with Gasteiger partial charge in [-0.3, -0.25) is 4.79 Å². The van der Waals surface area contributed by atoms with Gasteiger partial charge in [0.25, 0.3) is 5.91 Å². The lowest BCUT2D eigenvalue weighted by atomic mass is 10.1. The van der Waals surface area contributed by atoms with Gasteiger partial charge in [0.2, 0.25) is 0 Å². The van der Waals surface area contributed by atoms with Crippen LogP contribution in [0.15, 0.2) is 12.1 Å². The Balaban J connectivity index is 1.98. The van der Waals surface area contributed by atoms with Gasteiger partial charge in [0, 0.05) is 13.1 Å². The molecule has 0 radical (unpaired) electrons. The molecule has 1 fully saturated rings. The number of rotatable bonds is 3. The first-order chi connectivity index (χ1) is 8.99. The van der Waals surface area contributed by atoms with Crippen LogP contribution in [0.2, 0.25) is 0 Å². The monoisotopic (exact) mass is 272 g/mol. The standard InChI is InChI=1S/C13H15F3N2O/c1-18-5-4-8(7-18)6-17-13(19)9-2-3-10(14)12(16)11(9)15/h2-3,8H,4-7H2,1H3,(H,17,19). The number of carbonyl (C=O) groups is 1. The highest BCUT2D eigenvalue weighted by Crippen LogP contribution is 2.16. The fraction of sp³-hybridized carbons (Fsp3) is 0.462. The SMILES string of the molecule is CN1CCC(CNC(=O)c2ccc(F)c(F)c2F)C1. The van der Waals surface area contributed by atoms with Crippen LogP contribution in [-0.4, -0.2) is 37.5 Å². The van der Waals surface area contributed by atoms with Crippen molar-refractivity contribution in [2.75, 3.05) is 26.7 Å². The second-order valence-corrected chi connectivity index (χ2v) is 4.85. The van der Waals surface area contributed by atoms with Crippen LogP contribution in [0.3, 0.4) is 0 Å². The lowest BCUT2D eigenvalue weighted by molar-refractivity contribution is 0.0942. The molecule has 0 bridgehead atoms. The van der Waals surface area contributed by atoms with Crippen molar-refractivity contribution in [3.8, 4) is 0 Å². The van der Waals surface area contributed by atoms with Crippen LogP contribution in [-0.2, 0) is 0 Å². The molecule has 0 spiro atoms. The summed E-state index contributed by atoms with van der Waals surface area (Å²) in [6.07, 6.45) is 0.955. The Labute approximate surface area is 109 Å². The van der Waals surface area contributed by atoms with E-state index in [0.717, 1.165) is 31.6 Å². The van der Waals surface area contributed by atoms with Crippen LogP contribution in [0.1, 0.15) is 16.8 Å². The maximum absolute atomic E-state index is 13.4. The van der Waals surface area contributed by atoms with E-state index < -0.39 is 28.9 Å². The van der Waals surface area contributed by atoms with Gasteiger partial charge < -0.3 is 10.2 Å². The van der Waals surface area contributed by atoms with Crippen molar-refractivity contribution in [2.45, 2.75) is 6.42 Å². The average molecular weight is 272 g/mol. The van der Waals surface area contributed by atoms with Crippen molar-refractivity contribution >= 4 is 5.91 Å². The topological polar surface area (TPSA) is 32.3 Å². The molecule has 6 heteroatoms. The quantitative estimate of drug-likeness (QED) is 0.851. The smallest absolute Gasteiger partial charge is 0.254 e. The molecule has 1 unspecified atom stereocenters. The van der Waals surface area contributed by atoms with Crippen LogP contribution in [0.4, 0.5) is 13.2 Å². The number of carbonyl (C=O) groups excluding carboxylic acids is 1. The first-order valence-electron chi connectivity index (χ1n) is 6.09. The van der Waals surface area contributed by atoms with Crippen LogP contribution in [0.25, 0.3) is 0 Å². The molecule has 0 aliphatic carbocycles. The Kier molecular flexibility index (Phi) is 4.09. The molecule has 1 aromatic rings. The van der Waals surface area contributed by atoms with Gasteiger partial charge in [-0.05, 0) is 38.1 Å². The normalized spacial score (nSPS) is 19.7. The first-order valence-corrected chi connectivity index (χ1v) is 6.09. The van der Waals surface area contributed by atoms with Crippen LogP contribution in [0.5, 0.6) is 0 Å². The summed E-state index contributed by atoms with van der Waals surface area (Å²) in [5, 5.41) is 2.55. The molecule has 1 atom stereocenters. The van der Waals surface area contributed by atoms with Crippen molar-refractivity contribution in [1.82, 2.24) is 10.2 Å². The average Bonchev–Trinajstić information content (AvgIpc) is 2.79. The van der Waals surface area contributed by atoms with E-state index in [1.54, 1.807) is 0 Å². The number of nitrogens with zero attached hydrogens (tertiary/aromatic N) is 1. The maximum Gasteiger partial charge on any atom is 0.254 e. The van der Waals surface area contributed by atoms with E-state index in [4.69, 9.17) is 0 Å². The van der Waals surface area contributed by atoms with E-state index in [0.29, 0.717) is 12.5 Å². The molecule has 1 N–H and O–H groups in total. The second kappa shape index (κ2) is 5.61. The van der Waals surface area contributed by atoms with Gasteiger partial charge >= 0.3 is 0 Å². The predicted molar refractivity (Wildman–Crippen MR) is 64.3 cm³/mol. The fourth-order valence-corrected chi connectivity index (χ4v) is 2.23. The number of amides is 1. The number of halogens is 3. The molecule has 19 heavy (non-hydrogen) atoms. The number of benzene rings is 1.